The smallest absolute Gasteiger partial charge is 0.101 e. The Labute approximate surface area is 108 Å². The molecule has 0 saturated carbocycles. The molecule has 2 unspecified atom stereocenters. The maximum absolute atomic E-state index is 9.19. The highest BCUT2D eigenvalue weighted by Crippen LogP contribution is 2.31. The molecule has 3 rings (SSSR count). The SMILES string of the molecule is CN1C2CCC1CN(c1cnccc1C#N)CC2. The van der Waals surface area contributed by atoms with Crippen LogP contribution >= 0.6 is 0 Å². The summed E-state index contributed by atoms with van der Waals surface area (Å²) >= 11 is 0. The van der Waals surface area contributed by atoms with Crippen molar-refractivity contribution >= 4 is 5.69 Å². The van der Waals surface area contributed by atoms with Crippen molar-refractivity contribution in [2.45, 2.75) is 31.3 Å². The van der Waals surface area contributed by atoms with Gasteiger partial charge in [-0.05, 0) is 32.4 Å². The zero-order valence-corrected chi connectivity index (χ0v) is 10.7. The second-order valence-electron chi connectivity index (χ2n) is 5.29. The number of rotatable bonds is 1. The molecule has 4 nitrogen and oxygen atoms in total. The molecule has 18 heavy (non-hydrogen) atoms. The molecule has 1 aromatic heterocycles. The Morgan fingerprint density at radius 3 is 3.00 bits per heavy atom. The Hall–Kier alpha value is -1.60. The lowest BCUT2D eigenvalue weighted by Gasteiger charge is -2.27. The van der Waals surface area contributed by atoms with E-state index >= 15 is 0 Å². The number of hydrogen-bond donors (Lipinski definition) is 0. The normalized spacial score (nSPS) is 27.9. The minimum absolute atomic E-state index is 0.629. The van der Waals surface area contributed by atoms with Crippen molar-refractivity contribution in [2.75, 3.05) is 25.0 Å². The summed E-state index contributed by atoms with van der Waals surface area (Å²) in [5, 5.41) is 9.19. The molecule has 0 N–H and O–H groups in total. The average Bonchev–Trinajstić information content (AvgIpc) is 2.63. The zero-order chi connectivity index (χ0) is 12.5. The van der Waals surface area contributed by atoms with Gasteiger partial charge in [0.2, 0.25) is 0 Å². The van der Waals surface area contributed by atoms with Gasteiger partial charge in [-0.2, -0.15) is 5.26 Å². The average molecular weight is 242 g/mol. The first-order chi connectivity index (χ1) is 8.79. The van der Waals surface area contributed by atoms with E-state index in [4.69, 9.17) is 0 Å². The van der Waals surface area contributed by atoms with Crippen LogP contribution < -0.4 is 4.90 Å². The summed E-state index contributed by atoms with van der Waals surface area (Å²) in [6.07, 6.45) is 7.31. The van der Waals surface area contributed by atoms with Crippen molar-refractivity contribution in [3.8, 4) is 6.07 Å². The van der Waals surface area contributed by atoms with Crippen LogP contribution in [0, 0.1) is 11.3 Å². The van der Waals surface area contributed by atoms with Gasteiger partial charge >= 0.3 is 0 Å². The molecule has 94 valence electrons. The highest BCUT2D eigenvalue weighted by atomic mass is 15.3. The molecule has 1 aromatic rings. The van der Waals surface area contributed by atoms with E-state index in [1.807, 2.05) is 12.3 Å². The van der Waals surface area contributed by atoms with Crippen LogP contribution in [-0.2, 0) is 0 Å². The van der Waals surface area contributed by atoms with Crippen molar-refractivity contribution in [3.05, 3.63) is 24.0 Å². The van der Waals surface area contributed by atoms with Gasteiger partial charge in [-0.1, -0.05) is 0 Å². The van der Waals surface area contributed by atoms with Gasteiger partial charge in [0, 0.05) is 31.4 Å². The summed E-state index contributed by atoms with van der Waals surface area (Å²) in [5.74, 6) is 0. The first-order valence-electron chi connectivity index (χ1n) is 6.60. The van der Waals surface area contributed by atoms with Gasteiger partial charge in [-0.15, -0.1) is 0 Å². The molecule has 0 amide bonds. The van der Waals surface area contributed by atoms with Crippen molar-refractivity contribution in [2.24, 2.45) is 0 Å². The third kappa shape index (κ3) is 1.85. The molecular weight excluding hydrogens is 224 g/mol. The lowest BCUT2D eigenvalue weighted by Crippen LogP contribution is -2.36. The zero-order valence-electron chi connectivity index (χ0n) is 10.7. The minimum Gasteiger partial charge on any atom is -0.368 e. The van der Waals surface area contributed by atoms with Gasteiger partial charge in [0.1, 0.15) is 6.07 Å². The van der Waals surface area contributed by atoms with E-state index in [1.165, 1.54) is 19.3 Å². The predicted molar refractivity (Wildman–Crippen MR) is 70.4 cm³/mol. The summed E-state index contributed by atoms with van der Waals surface area (Å²) in [5.41, 5.74) is 1.74. The number of nitriles is 1. The van der Waals surface area contributed by atoms with Crippen LogP contribution in [0.5, 0.6) is 0 Å². The highest BCUT2D eigenvalue weighted by molar-refractivity contribution is 5.57. The van der Waals surface area contributed by atoms with Crippen molar-refractivity contribution in [1.82, 2.24) is 9.88 Å². The first-order valence-corrected chi connectivity index (χ1v) is 6.60. The maximum Gasteiger partial charge on any atom is 0.101 e. The fourth-order valence-corrected chi connectivity index (χ4v) is 3.26. The molecular formula is C14H18N4. The van der Waals surface area contributed by atoms with Gasteiger partial charge in [0.15, 0.2) is 0 Å². The van der Waals surface area contributed by atoms with E-state index in [9.17, 15) is 5.26 Å². The van der Waals surface area contributed by atoms with Gasteiger partial charge < -0.3 is 4.90 Å². The summed E-state index contributed by atoms with van der Waals surface area (Å²) in [6, 6.07) is 5.43. The van der Waals surface area contributed by atoms with Crippen molar-refractivity contribution in [1.29, 1.82) is 5.26 Å². The molecule has 4 heteroatoms. The number of aromatic nitrogens is 1. The molecule has 0 aromatic carbocycles. The Kier molecular flexibility index (Phi) is 2.92. The summed E-state index contributed by atoms with van der Waals surface area (Å²) < 4.78 is 0. The summed E-state index contributed by atoms with van der Waals surface area (Å²) in [6.45, 7) is 2.05. The van der Waals surface area contributed by atoms with Gasteiger partial charge in [0.05, 0.1) is 17.4 Å². The summed E-state index contributed by atoms with van der Waals surface area (Å²) in [7, 11) is 2.24. The van der Waals surface area contributed by atoms with E-state index < -0.39 is 0 Å². The van der Waals surface area contributed by atoms with Crippen LogP contribution in [-0.4, -0.2) is 42.1 Å². The van der Waals surface area contributed by atoms with E-state index in [1.54, 1.807) is 6.20 Å². The van der Waals surface area contributed by atoms with Gasteiger partial charge in [0.25, 0.3) is 0 Å². The van der Waals surface area contributed by atoms with Gasteiger partial charge in [-0.25, -0.2) is 0 Å². The molecule has 3 heterocycles. The van der Waals surface area contributed by atoms with E-state index in [0.717, 1.165) is 30.4 Å². The molecule has 2 fully saturated rings. The lowest BCUT2D eigenvalue weighted by molar-refractivity contribution is 0.254. The number of likely N-dealkylation sites (N-methyl/N-ethyl adjacent to an activating group) is 1. The van der Waals surface area contributed by atoms with E-state index in [-0.39, 0.29) is 0 Å². The van der Waals surface area contributed by atoms with Crippen LogP contribution in [0.3, 0.4) is 0 Å². The highest BCUT2D eigenvalue weighted by Gasteiger charge is 2.35. The molecule has 2 aliphatic rings. The topological polar surface area (TPSA) is 43.2 Å². The van der Waals surface area contributed by atoms with E-state index in [0.29, 0.717) is 6.04 Å². The third-order valence-electron chi connectivity index (χ3n) is 4.41. The van der Waals surface area contributed by atoms with Crippen LogP contribution in [0.15, 0.2) is 18.5 Å². The van der Waals surface area contributed by atoms with Crippen LogP contribution in [0.25, 0.3) is 0 Å². The molecule has 0 spiro atoms. The van der Waals surface area contributed by atoms with Crippen molar-refractivity contribution < 1.29 is 0 Å². The number of hydrogen-bond acceptors (Lipinski definition) is 4. The number of anilines is 1. The lowest BCUT2D eigenvalue weighted by atomic mass is 10.1. The Balaban J connectivity index is 1.87. The van der Waals surface area contributed by atoms with E-state index in [2.05, 4.69) is 27.9 Å². The number of pyridine rings is 1. The maximum atomic E-state index is 9.19. The molecule has 2 aliphatic heterocycles. The van der Waals surface area contributed by atoms with Crippen LogP contribution in [0.1, 0.15) is 24.8 Å². The fourth-order valence-electron chi connectivity index (χ4n) is 3.26. The number of nitrogens with zero attached hydrogens (tertiary/aromatic N) is 4. The number of fused-ring (bicyclic) bond motifs is 2. The molecule has 0 radical (unpaired) electrons. The monoisotopic (exact) mass is 242 g/mol. The molecule has 2 bridgehead atoms. The van der Waals surface area contributed by atoms with Gasteiger partial charge in [-0.3, -0.25) is 9.88 Å². The van der Waals surface area contributed by atoms with Crippen molar-refractivity contribution in [3.63, 3.8) is 0 Å². The second kappa shape index (κ2) is 4.58. The Bertz CT molecular complexity index is 479. The Morgan fingerprint density at radius 2 is 2.17 bits per heavy atom. The van der Waals surface area contributed by atoms with Crippen LogP contribution in [0.2, 0.25) is 0 Å². The predicted octanol–water partition coefficient (Wildman–Crippen LogP) is 1.63. The second-order valence-corrected chi connectivity index (χ2v) is 5.29. The summed E-state index contributed by atoms with van der Waals surface area (Å²) in [4.78, 5) is 9.03. The third-order valence-corrected chi connectivity index (χ3v) is 4.41. The quantitative estimate of drug-likeness (QED) is 0.750. The van der Waals surface area contributed by atoms with Crippen LogP contribution in [0.4, 0.5) is 5.69 Å². The molecule has 2 atom stereocenters. The first kappa shape index (κ1) is 11.5. The fraction of sp³-hybridized carbons (Fsp3) is 0.571. The molecule has 0 aliphatic carbocycles. The Morgan fingerprint density at radius 1 is 1.33 bits per heavy atom. The largest absolute Gasteiger partial charge is 0.368 e. The molecule has 2 saturated heterocycles. The standard InChI is InChI=1S/C14H18N4/c1-17-12-2-3-13(17)10-18(7-5-12)14-9-16-6-4-11(14)8-15/h4,6,9,12-13H,2-3,5,7,10H2,1H3. The minimum atomic E-state index is 0.629.